The summed E-state index contributed by atoms with van der Waals surface area (Å²) in [6.45, 7) is 6.68. The molecule has 1 unspecified atom stereocenters. The number of carbonyl (C=O) groups is 3. The van der Waals surface area contributed by atoms with Crippen LogP contribution in [0.15, 0.2) is 12.2 Å². The van der Waals surface area contributed by atoms with Gasteiger partial charge in [0.15, 0.2) is 6.10 Å². The summed E-state index contributed by atoms with van der Waals surface area (Å²) in [6, 6.07) is 0. The van der Waals surface area contributed by atoms with Crippen molar-refractivity contribution in [2.75, 3.05) is 13.2 Å². The van der Waals surface area contributed by atoms with E-state index in [0.29, 0.717) is 19.3 Å². The summed E-state index contributed by atoms with van der Waals surface area (Å²) in [6.07, 6.45) is 75.3. The molecule has 6 nitrogen and oxygen atoms in total. The van der Waals surface area contributed by atoms with E-state index >= 15 is 0 Å². The minimum atomic E-state index is -0.769. The van der Waals surface area contributed by atoms with E-state index in [1.807, 2.05) is 0 Å². The van der Waals surface area contributed by atoms with Crippen LogP contribution in [0.1, 0.15) is 387 Å². The third-order valence-electron chi connectivity index (χ3n) is 15.5. The summed E-state index contributed by atoms with van der Waals surface area (Å²) in [7, 11) is 0. The molecule has 0 aliphatic rings. The molecule has 0 aromatic rings. The van der Waals surface area contributed by atoms with Gasteiger partial charge in [-0.1, -0.05) is 341 Å². The van der Waals surface area contributed by atoms with E-state index < -0.39 is 6.10 Å². The third kappa shape index (κ3) is 61.0. The zero-order valence-corrected chi connectivity index (χ0v) is 50.4. The van der Waals surface area contributed by atoms with Crippen LogP contribution in [0.4, 0.5) is 0 Å². The van der Waals surface area contributed by atoms with Crippen LogP contribution in [0.25, 0.3) is 0 Å². The second-order valence-corrected chi connectivity index (χ2v) is 23.1. The SMILES string of the molecule is CCCC/C=C\CCCCCCCC(=O)OCC(COC(=O)CCCCCCCCCCCCCCCCCCCCCCCCC)OC(=O)CCCCCCCCCCCCCCCCCCCCCCCC. The van der Waals surface area contributed by atoms with Gasteiger partial charge < -0.3 is 14.2 Å². The van der Waals surface area contributed by atoms with Crippen molar-refractivity contribution in [2.24, 2.45) is 0 Å². The van der Waals surface area contributed by atoms with Crippen molar-refractivity contribution in [3.8, 4) is 0 Å². The van der Waals surface area contributed by atoms with Crippen molar-refractivity contribution in [1.82, 2.24) is 0 Å². The Labute approximate surface area is 462 Å². The van der Waals surface area contributed by atoms with Crippen LogP contribution in [0.3, 0.4) is 0 Å². The maximum atomic E-state index is 12.9. The first-order valence-electron chi connectivity index (χ1n) is 33.7. The first-order valence-corrected chi connectivity index (χ1v) is 33.7. The standard InChI is InChI=1S/C68H130O6/c1-4-7-10-13-16-19-22-24-26-28-30-32-34-36-37-39-41-43-46-49-52-55-58-61-67(70)73-64-65(63-72-66(69)60-57-54-51-48-45-21-18-15-12-9-6-3)74-68(71)62-59-56-53-50-47-44-42-40-38-35-33-31-29-27-25-23-20-17-14-11-8-5-2/h15,18,65H,4-14,16-17,19-64H2,1-3H3/b18-15-. The van der Waals surface area contributed by atoms with Gasteiger partial charge in [-0.05, 0) is 38.5 Å². The highest BCUT2D eigenvalue weighted by Gasteiger charge is 2.19. The summed E-state index contributed by atoms with van der Waals surface area (Å²) < 4.78 is 16.9. The molecular weight excluding hydrogens is 913 g/mol. The van der Waals surface area contributed by atoms with Gasteiger partial charge in [-0.15, -0.1) is 0 Å². The molecule has 0 fully saturated rings. The van der Waals surface area contributed by atoms with Crippen LogP contribution < -0.4 is 0 Å². The highest BCUT2D eigenvalue weighted by atomic mass is 16.6. The predicted molar refractivity (Wildman–Crippen MR) is 321 cm³/mol. The molecule has 0 N–H and O–H groups in total. The molecule has 0 saturated carbocycles. The van der Waals surface area contributed by atoms with Gasteiger partial charge in [-0.25, -0.2) is 0 Å². The first kappa shape index (κ1) is 72.2. The number of carbonyl (C=O) groups excluding carboxylic acids is 3. The van der Waals surface area contributed by atoms with Crippen LogP contribution in [-0.4, -0.2) is 37.2 Å². The molecule has 0 saturated heterocycles. The number of hydrogen-bond donors (Lipinski definition) is 0. The first-order chi connectivity index (χ1) is 36.5. The Morgan fingerprint density at radius 1 is 0.257 bits per heavy atom. The van der Waals surface area contributed by atoms with Gasteiger partial charge >= 0.3 is 17.9 Å². The molecule has 0 aliphatic carbocycles. The smallest absolute Gasteiger partial charge is 0.306 e. The van der Waals surface area contributed by atoms with Gasteiger partial charge in [0.2, 0.25) is 0 Å². The van der Waals surface area contributed by atoms with Crippen LogP contribution >= 0.6 is 0 Å². The molecule has 0 aromatic heterocycles. The van der Waals surface area contributed by atoms with E-state index in [-0.39, 0.29) is 31.1 Å². The molecule has 0 spiro atoms. The largest absolute Gasteiger partial charge is 0.462 e. The zero-order chi connectivity index (χ0) is 53.6. The Morgan fingerprint density at radius 2 is 0.459 bits per heavy atom. The lowest BCUT2D eigenvalue weighted by atomic mass is 10.0. The average Bonchev–Trinajstić information content (AvgIpc) is 3.40. The molecule has 0 amide bonds. The van der Waals surface area contributed by atoms with Crippen LogP contribution in [0.5, 0.6) is 0 Å². The van der Waals surface area contributed by atoms with Gasteiger partial charge in [0, 0.05) is 19.3 Å². The molecule has 0 bridgehead atoms. The Morgan fingerprint density at radius 3 is 0.716 bits per heavy atom. The lowest BCUT2D eigenvalue weighted by Gasteiger charge is -2.18. The third-order valence-corrected chi connectivity index (χ3v) is 15.5. The normalized spacial score (nSPS) is 12.0. The van der Waals surface area contributed by atoms with E-state index in [2.05, 4.69) is 32.9 Å². The summed E-state index contributed by atoms with van der Waals surface area (Å²) in [5, 5.41) is 0. The number of unbranched alkanes of at least 4 members (excludes halogenated alkanes) is 50. The van der Waals surface area contributed by atoms with Crippen LogP contribution in [0.2, 0.25) is 0 Å². The van der Waals surface area contributed by atoms with E-state index in [0.717, 1.165) is 64.2 Å². The van der Waals surface area contributed by atoms with Gasteiger partial charge in [-0.3, -0.25) is 14.4 Å². The molecule has 0 heterocycles. The van der Waals surface area contributed by atoms with Crippen LogP contribution in [-0.2, 0) is 28.6 Å². The summed E-state index contributed by atoms with van der Waals surface area (Å²) in [4.78, 5) is 38.3. The Hall–Kier alpha value is -1.85. The van der Waals surface area contributed by atoms with Crippen molar-refractivity contribution in [1.29, 1.82) is 0 Å². The van der Waals surface area contributed by atoms with Gasteiger partial charge in [0.25, 0.3) is 0 Å². The number of ether oxygens (including phenoxy) is 3. The van der Waals surface area contributed by atoms with Crippen molar-refractivity contribution in [3.05, 3.63) is 12.2 Å². The van der Waals surface area contributed by atoms with Gasteiger partial charge in [0.05, 0.1) is 0 Å². The quantitative estimate of drug-likeness (QED) is 0.0261. The fourth-order valence-corrected chi connectivity index (χ4v) is 10.4. The van der Waals surface area contributed by atoms with Crippen molar-refractivity contribution in [2.45, 2.75) is 393 Å². The monoisotopic (exact) mass is 1040 g/mol. The Bertz CT molecular complexity index is 1150. The predicted octanol–water partition coefficient (Wildman–Crippen LogP) is 22.8. The van der Waals surface area contributed by atoms with E-state index in [4.69, 9.17) is 14.2 Å². The molecule has 0 aliphatic heterocycles. The number of esters is 3. The molecule has 6 heteroatoms. The highest BCUT2D eigenvalue weighted by Crippen LogP contribution is 2.19. The lowest BCUT2D eigenvalue weighted by Crippen LogP contribution is -2.30. The summed E-state index contributed by atoms with van der Waals surface area (Å²) in [5.41, 5.74) is 0. The topological polar surface area (TPSA) is 78.9 Å². The van der Waals surface area contributed by atoms with E-state index in [1.165, 1.54) is 283 Å². The van der Waals surface area contributed by atoms with E-state index in [9.17, 15) is 14.4 Å². The molecule has 0 aromatic carbocycles. The fraction of sp³-hybridized carbons (Fsp3) is 0.926. The molecule has 438 valence electrons. The minimum Gasteiger partial charge on any atom is -0.462 e. The van der Waals surface area contributed by atoms with E-state index in [1.54, 1.807) is 0 Å². The summed E-state index contributed by atoms with van der Waals surface area (Å²) in [5.74, 6) is -0.844. The maximum absolute atomic E-state index is 12.9. The van der Waals surface area contributed by atoms with Crippen molar-refractivity contribution in [3.63, 3.8) is 0 Å². The number of allylic oxidation sites excluding steroid dienone is 2. The van der Waals surface area contributed by atoms with Gasteiger partial charge in [-0.2, -0.15) is 0 Å². The Balaban J connectivity index is 4.18. The van der Waals surface area contributed by atoms with Gasteiger partial charge in [0.1, 0.15) is 13.2 Å². The molecule has 0 rings (SSSR count). The Kier molecular flexibility index (Phi) is 62.1. The maximum Gasteiger partial charge on any atom is 0.306 e. The van der Waals surface area contributed by atoms with Crippen molar-refractivity contribution < 1.29 is 28.6 Å². The zero-order valence-electron chi connectivity index (χ0n) is 50.4. The summed E-state index contributed by atoms with van der Waals surface area (Å²) >= 11 is 0. The second-order valence-electron chi connectivity index (χ2n) is 23.1. The molecule has 0 radical (unpaired) electrons. The van der Waals surface area contributed by atoms with Crippen LogP contribution in [0, 0.1) is 0 Å². The van der Waals surface area contributed by atoms with Crippen molar-refractivity contribution >= 4 is 17.9 Å². The molecular formula is C68H130O6. The molecule has 74 heavy (non-hydrogen) atoms. The lowest BCUT2D eigenvalue weighted by molar-refractivity contribution is -0.167. The molecule has 1 atom stereocenters. The number of rotatable bonds is 63. The highest BCUT2D eigenvalue weighted by molar-refractivity contribution is 5.71. The average molecular weight is 1040 g/mol. The fourth-order valence-electron chi connectivity index (χ4n) is 10.4. The minimum absolute atomic E-state index is 0.0660. The second kappa shape index (κ2) is 63.7. The number of hydrogen-bond acceptors (Lipinski definition) is 6.